The lowest BCUT2D eigenvalue weighted by molar-refractivity contribution is -0.120. The maximum Gasteiger partial charge on any atom is 0.228 e. The number of amides is 1. The molecule has 0 bridgehead atoms. The SMILES string of the molecule is Cc1cc(NC(=O)C2CCN(c3ccc(C#N)cn3)CC2)no1. The van der Waals surface area contributed by atoms with Gasteiger partial charge in [-0.05, 0) is 31.9 Å². The van der Waals surface area contributed by atoms with Crippen molar-refractivity contribution in [2.75, 3.05) is 23.3 Å². The molecule has 0 aromatic carbocycles. The standard InChI is InChI=1S/C16H17N5O2/c1-11-8-14(20-23-11)19-16(22)13-4-6-21(7-5-13)15-3-2-12(9-17)10-18-15/h2-3,8,10,13H,4-7H2,1H3,(H,19,20,22). The number of nitrogens with zero attached hydrogens (tertiary/aromatic N) is 4. The number of rotatable bonds is 3. The largest absolute Gasteiger partial charge is 0.360 e. The summed E-state index contributed by atoms with van der Waals surface area (Å²) >= 11 is 0. The number of carbonyl (C=O) groups excluding carboxylic acids is 1. The Bertz CT molecular complexity index is 724. The van der Waals surface area contributed by atoms with Gasteiger partial charge >= 0.3 is 0 Å². The first-order valence-electron chi connectivity index (χ1n) is 7.51. The van der Waals surface area contributed by atoms with Gasteiger partial charge in [-0.3, -0.25) is 4.79 Å². The third-order valence-electron chi connectivity index (χ3n) is 3.95. The number of anilines is 2. The number of piperidine rings is 1. The minimum absolute atomic E-state index is 0.0225. The van der Waals surface area contributed by atoms with Gasteiger partial charge in [-0.2, -0.15) is 5.26 Å². The molecule has 0 radical (unpaired) electrons. The van der Waals surface area contributed by atoms with Gasteiger partial charge in [-0.15, -0.1) is 0 Å². The lowest BCUT2D eigenvalue weighted by Gasteiger charge is -2.31. The summed E-state index contributed by atoms with van der Waals surface area (Å²) in [5.41, 5.74) is 0.547. The number of hydrogen-bond acceptors (Lipinski definition) is 6. The van der Waals surface area contributed by atoms with E-state index in [1.807, 2.05) is 6.07 Å². The predicted molar refractivity (Wildman–Crippen MR) is 83.8 cm³/mol. The number of pyridine rings is 1. The Hall–Kier alpha value is -2.88. The molecule has 1 N–H and O–H groups in total. The van der Waals surface area contributed by atoms with E-state index < -0.39 is 0 Å². The highest BCUT2D eigenvalue weighted by molar-refractivity contribution is 5.91. The lowest BCUT2D eigenvalue weighted by Crippen LogP contribution is -2.38. The number of carbonyl (C=O) groups is 1. The van der Waals surface area contributed by atoms with Crippen molar-refractivity contribution < 1.29 is 9.32 Å². The van der Waals surface area contributed by atoms with Crippen LogP contribution in [0.15, 0.2) is 28.9 Å². The molecule has 2 aromatic heterocycles. The summed E-state index contributed by atoms with van der Waals surface area (Å²) in [7, 11) is 0. The molecule has 1 aliphatic rings. The lowest BCUT2D eigenvalue weighted by atomic mass is 9.96. The van der Waals surface area contributed by atoms with E-state index in [4.69, 9.17) is 9.78 Å². The van der Waals surface area contributed by atoms with Gasteiger partial charge in [0.05, 0.1) is 5.56 Å². The van der Waals surface area contributed by atoms with Crippen LogP contribution in [0.2, 0.25) is 0 Å². The molecule has 1 aliphatic heterocycles. The van der Waals surface area contributed by atoms with E-state index in [1.54, 1.807) is 25.3 Å². The molecule has 3 heterocycles. The zero-order valence-corrected chi connectivity index (χ0v) is 12.8. The first-order chi connectivity index (χ1) is 11.2. The van der Waals surface area contributed by atoms with E-state index in [2.05, 4.69) is 26.4 Å². The Morgan fingerprint density at radius 2 is 2.22 bits per heavy atom. The molecule has 0 saturated carbocycles. The van der Waals surface area contributed by atoms with Crippen LogP contribution in [0.1, 0.15) is 24.2 Å². The fourth-order valence-corrected chi connectivity index (χ4v) is 2.66. The van der Waals surface area contributed by atoms with Gasteiger partial charge in [0.15, 0.2) is 5.82 Å². The number of hydrogen-bond donors (Lipinski definition) is 1. The van der Waals surface area contributed by atoms with E-state index in [1.165, 1.54) is 0 Å². The second-order valence-electron chi connectivity index (χ2n) is 5.59. The van der Waals surface area contributed by atoms with Crippen LogP contribution in [-0.2, 0) is 4.79 Å². The molecular weight excluding hydrogens is 294 g/mol. The van der Waals surface area contributed by atoms with Gasteiger partial charge in [-0.1, -0.05) is 5.16 Å². The van der Waals surface area contributed by atoms with Gasteiger partial charge in [0.25, 0.3) is 0 Å². The summed E-state index contributed by atoms with van der Waals surface area (Å²) in [5, 5.41) is 15.4. The second-order valence-corrected chi connectivity index (χ2v) is 5.59. The highest BCUT2D eigenvalue weighted by Crippen LogP contribution is 2.23. The highest BCUT2D eigenvalue weighted by atomic mass is 16.5. The van der Waals surface area contributed by atoms with Crippen LogP contribution in [0.3, 0.4) is 0 Å². The van der Waals surface area contributed by atoms with Crippen LogP contribution < -0.4 is 10.2 Å². The Morgan fingerprint density at radius 1 is 1.43 bits per heavy atom. The van der Waals surface area contributed by atoms with Crippen LogP contribution in [0, 0.1) is 24.2 Å². The second kappa shape index (κ2) is 6.48. The predicted octanol–water partition coefficient (Wildman–Crippen LogP) is 2.10. The molecule has 1 fully saturated rings. The first kappa shape index (κ1) is 15.0. The summed E-state index contributed by atoms with van der Waals surface area (Å²) < 4.78 is 4.94. The number of nitriles is 1. The molecule has 118 valence electrons. The molecule has 7 heteroatoms. The minimum atomic E-state index is -0.0402. The summed E-state index contributed by atoms with van der Waals surface area (Å²) in [6.07, 6.45) is 3.08. The van der Waals surface area contributed by atoms with E-state index in [9.17, 15) is 4.79 Å². The maximum absolute atomic E-state index is 12.2. The van der Waals surface area contributed by atoms with Crippen LogP contribution in [-0.4, -0.2) is 29.1 Å². The van der Waals surface area contributed by atoms with Gasteiger partial charge in [0.1, 0.15) is 17.6 Å². The van der Waals surface area contributed by atoms with Crippen LogP contribution >= 0.6 is 0 Å². The molecule has 1 amide bonds. The molecule has 1 saturated heterocycles. The molecule has 0 aliphatic carbocycles. The topological polar surface area (TPSA) is 95.1 Å². The molecule has 0 atom stereocenters. The Labute approximate surface area is 133 Å². The quantitative estimate of drug-likeness (QED) is 0.932. The Balaban J connectivity index is 1.55. The maximum atomic E-state index is 12.2. The first-order valence-corrected chi connectivity index (χ1v) is 7.51. The zero-order valence-electron chi connectivity index (χ0n) is 12.8. The molecule has 23 heavy (non-hydrogen) atoms. The van der Waals surface area contributed by atoms with E-state index in [0.717, 1.165) is 31.7 Å². The van der Waals surface area contributed by atoms with Crippen molar-refractivity contribution in [3.63, 3.8) is 0 Å². The molecular formula is C16H17N5O2. The van der Waals surface area contributed by atoms with Crippen LogP contribution in [0.25, 0.3) is 0 Å². The molecule has 7 nitrogen and oxygen atoms in total. The van der Waals surface area contributed by atoms with Gasteiger partial charge in [0, 0.05) is 31.3 Å². The van der Waals surface area contributed by atoms with Crippen molar-refractivity contribution in [3.8, 4) is 6.07 Å². The Kier molecular flexibility index (Phi) is 4.24. The summed E-state index contributed by atoms with van der Waals surface area (Å²) in [4.78, 5) is 18.7. The molecule has 0 unspecified atom stereocenters. The Morgan fingerprint density at radius 3 is 2.78 bits per heavy atom. The van der Waals surface area contributed by atoms with E-state index >= 15 is 0 Å². The number of nitrogens with one attached hydrogen (secondary N) is 1. The highest BCUT2D eigenvalue weighted by Gasteiger charge is 2.26. The van der Waals surface area contributed by atoms with Crippen LogP contribution in [0.4, 0.5) is 11.6 Å². The van der Waals surface area contributed by atoms with Gasteiger partial charge < -0.3 is 14.7 Å². The third kappa shape index (κ3) is 3.48. The number of aromatic nitrogens is 2. The van der Waals surface area contributed by atoms with Gasteiger partial charge in [-0.25, -0.2) is 4.98 Å². The fourth-order valence-electron chi connectivity index (χ4n) is 2.66. The summed E-state index contributed by atoms with van der Waals surface area (Å²) in [6, 6.07) is 7.36. The summed E-state index contributed by atoms with van der Waals surface area (Å²) in [5.74, 6) is 1.91. The van der Waals surface area contributed by atoms with Crippen molar-refractivity contribution >= 4 is 17.5 Å². The molecule has 2 aromatic rings. The summed E-state index contributed by atoms with van der Waals surface area (Å²) in [6.45, 7) is 3.30. The van der Waals surface area contributed by atoms with Crippen molar-refractivity contribution in [2.24, 2.45) is 5.92 Å². The monoisotopic (exact) mass is 311 g/mol. The van der Waals surface area contributed by atoms with Crippen molar-refractivity contribution in [1.82, 2.24) is 10.1 Å². The van der Waals surface area contributed by atoms with Crippen LogP contribution in [0.5, 0.6) is 0 Å². The van der Waals surface area contributed by atoms with E-state index in [0.29, 0.717) is 17.1 Å². The normalized spacial score (nSPS) is 15.2. The van der Waals surface area contributed by atoms with E-state index in [-0.39, 0.29) is 11.8 Å². The molecule has 0 spiro atoms. The average molecular weight is 311 g/mol. The van der Waals surface area contributed by atoms with Crippen molar-refractivity contribution in [2.45, 2.75) is 19.8 Å². The van der Waals surface area contributed by atoms with Crippen molar-refractivity contribution in [3.05, 3.63) is 35.7 Å². The smallest absolute Gasteiger partial charge is 0.228 e. The minimum Gasteiger partial charge on any atom is -0.360 e. The zero-order chi connectivity index (χ0) is 16.2. The van der Waals surface area contributed by atoms with Crippen molar-refractivity contribution in [1.29, 1.82) is 5.26 Å². The third-order valence-corrected chi connectivity index (χ3v) is 3.95. The van der Waals surface area contributed by atoms with Gasteiger partial charge in [0.2, 0.25) is 5.91 Å². The average Bonchev–Trinajstić information content (AvgIpc) is 3.00. The molecule has 3 rings (SSSR count). The fraction of sp³-hybridized carbons (Fsp3) is 0.375. The number of aryl methyl sites for hydroxylation is 1.